The van der Waals surface area contributed by atoms with Crippen LogP contribution in [-0.2, 0) is 23.2 Å². The van der Waals surface area contributed by atoms with Crippen molar-refractivity contribution in [2.45, 2.75) is 129 Å². The summed E-state index contributed by atoms with van der Waals surface area (Å²) in [5.41, 5.74) is 0. The SMILES string of the molecule is CCCCCCCCCCCCCCCCCCn1cc[n+](CCCS(=O)(=O)O)c1. The van der Waals surface area contributed by atoms with Gasteiger partial charge in [0.05, 0.1) is 18.8 Å². The van der Waals surface area contributed by atoms with Gasteiger partial charge in [0, 0.05) is 6.42 Å². The molecule has 0 spiro atoms. The Morgan fingerprint density at radius 2 is 1.20 bits per heavy atom. The maximum absolute atomic E-state index is 10.7. The van der Waals surface area contributed by atoms with Crippen LogP contribution in [0.4, 0.5) is 0 Å². The van der Waals surface area contributed by atoms with E-state index in [0.717, 1.165) is 6.54 Å². The number of aryl methyl sites for hydroxylation is 2. The first-order valence-electron chi connectivity index (χ1n) is 12.5. The van der Waals surface area contributed by atoms with E-state index in [9.17, 15) is 8.42 Å². The lowest BCUT2D eigenvalue weighted by Crippen LogP contribution is -2.32. The minimum Gasteiger partial charge on any atom is -0.286 e. The van der Waals surface area contributed by atoms with Crippen LogP contribution in [-0.4, -0.2) is 23.3 Å². The van der Waals surface area contributed by atoms with Gasteiger partial charge in [0.1, 0.15) is 12.4 Å². The second kappa shape index (κ2) is 17.8. The fraction of sp³-hybridized carbons (Fsp3) is 0.875. The van der Waals surface area contributed by atoms with E-state index in [4.69, 9.17) is 4.55 Å². The van der Waals surface area contributed by atoms with Crippen LogP contribution in [0.1, 0.15) is 116 Å². The van der Waals surface area contributed by atoms with E-state index < -0.39 is 10.1 Å². The molecule has 176 valence electrons. The number of aromatic nitrogens is 2. The zero-order chi connectivity index (χ0) is 21.9. The second-order valence-electron chi connectivity index (χ2n) is 8.83. The molecular weight excluding hydrogens is 396 g/mol. The molecule has 1 aromatic heterocycles. The number of unbranched alkanes of at least 4 members (excludes halogenated alkanes) is 15. The fourth-order valence-electron chi connectivity index (χ4n) is 3.98. The molecular formula is C24H47N2O3S+. The highest BCUT2D eigenvalue weighted by molar-refractivity contribution is 7.85. The molecule has 1 aromatic rings. The fourth-order valence-corrected chi connectivity index (χ4v) is 4.47. The summed E-state index contributed by atoms with van der Waals surface area (Å²) in [6, 6.07) is 0. The Hall–Kier alpha value is -0.880. The second-order valence-corrected chi connectivity index (χ2v) is 10.4. The first-order chi connectivity index (χ1) is 14.5. The maximum atomic E-state index is 10.7. The molecule has 0 aliphatic carbocycles. The van der Waals surface area contributed by atoms with E-state index in [0.29, 0.717) is 13.0 Å². The van der Waals surface area contributed by atoms with Crippen molar-refractivity contribution in [2.75, 3.05) is 5.75 Å². The summed E-state index contributed by atoms with van der Waals surface area (Å²) in [6.07, 6.45) is 28.6. The predicted molar refractivity (Wildman–Crippen MR) is 125 cm³/mol. The summed E-state index contributed by atoms with van der Waals surface area (Å²) >= 11 is 0. The monoisotopic (exact) mass is 443 g/mol. The minimum absolute atomic E-state index is 0.176. The third-order valence-corrected chi connectivity index (χ3v) is 6.64. The van der Waals surface area contributed by atoms with E-state index in [1.807, 2.05) is 23.3 Å². The van der Waals surface area contributed by atoms with Crippen LogP contribution in [0.25, 0.3) is 0 Å². The van der Waals surface area contributed by atoms with Gasteiger partial charge in [-0.3, -0.25) is 4.55 Å². The lowest BCUT2D eigenvalue weighted by molar-refractivity contribution is -0.696. The first-order valence-corrected chi connectivity index (χ1v) is 14.1. The standard InChI is InChI=1S/C24H46N2O3S/c1-2-3-4-5-6-7-8-9-10-11-12-13-14-15-16-17-19-25-21-22-26(24-25)20-18-23-30(27,28)29/h21-22,24H,2-20,23H2,1H3/p+1. The van der Waals surface area contributed by atoms with Crippen molar-refractivity contribution >= 4 is 10.1 Å². The molecule has 0 amide bonds. The molecule has 1 rings (SSSR count). The topological polar surface area (TPSA) is 63.2 Å². The lowest BCUT2D eigenvalue weighted by Gasteiger charge is -2.03. The molecule has 0 saturated heterocycles. The first kappa shape index (κ1) is 27.2. The van der Waals surface area contributed by atoms with Gasteiger partial charge in [0.25, 0.3) is 10.1 Å². The molecule has 0 radical (unpaired) electrons. The number of nitrogens with zero attached hydrogens (tertiary/aromatic N) is 2. The molecule has 1 heterocycles. The van der Waals surface area contributed by atoms with Gasteiger partial charge >= 0.3 is 0 Å². The van der Waals surface area contributed by atoms with E-state index in [2.05, 4.69) is 11.5 Å². The largest absolute Gasteiger partial charge is 0.286 e. The molecule has 0 bridgehead atoms. The summed E-state index contributed by atoms with van der Waals surface area (Å²) in [4.78, 5) is 0. The van der Waals surface area contributed by atoms with Crippen LogP contribution < -0.4 is 4.57 Å². The van der Waals surface area contributed by atoms with Gasteiger partial charge in [-0.25, -0.2) is 9.13 Å². The highest BCUT2D eigenvalue weighted by atomic mass is 32.2. The molecule has 6 heteroatoms. The molecule has 1 N–H and O–H groups in total. The lowest BCUT2D eigenvalue weighted by atomic mass is 10.0. The Morgan fingerprint density at radius 3 is 1.67 bits per heavy atom. The molecule has 0 fully saturated rings. The highest BCUT2D eigenvalue weighted by Crippen LogP contribution is 2.13. The van der Waals surface area contributed by atoms with Crippen molar-refractivity contribution in [1.82, 2.24) is 4.57 Å². The Bertz CT molecular complexity index is 614. The number of imidazole rings is 1. The summed E-state index contributed by atoms with van der Waals surface area (Å²) in [5.74, 6) is -0.176. The van der Waals surface area contributed by atoms with E-state index >= 15 is 0 Å². The normalized spacial score (nSPS) is 11.9. The number of hydrogen-bond acceptors (Lipinski definition) is 2. The van der Waals surface area contributed by atoms with Crippen molar-refractivity contribution in [3.05, 3.63) is 18.7 Å². The molecule has 5 nitrogen and oxygen atoms in total. The number of rotatable bonds is 21. The summed E-state index contributed by atoms with van der Waals surface area (Å²) in [6.45, 7) is 3.91. The van der Waals surface area contributed by atoms with Crippen LogP contribution >= 0.6 is 0 Å². The third kappa shape index (κ3) is 16.9. The van der Waals surface area contributed by atoms with Crippen LogP contribution in [0, 0.1) is 0 Å². The van der Waals surface area contributed by atoms with E-state index in [1.54, 1.807) is 0 Å². The molecule has 0 aromatic carbocycles. The van der Waals surface area contributed by atoms with Gasteiger partial charge in [0.15, 0.2) is 0 Å². The Kier molecular flexibility index (Phi) is 16.1. The van der Waals surface area contributed by atoms with Gasteiger partial charge in [-0.05, 0) is 12.8 Å². The van der Waals surface area contributed by atoms with Crippen LogP contribution in [0.3, 0.4) is 0 Å². The summed E-state index contributed by atoms with van der Waals surface area (Å²) < 4.78 is 34.4. The quantitative estimate of drug-likeness (QED) is 0.137. The molecule has 0 aliphatic heterocycles. The smallest absolute Gasteiger partial charge is 0.265 e. The minimum atomic E-state index is -3.85. The number of hydrogen-bond donors (Lipinski definition) is 1. The molecule has 0 saturated carbocycles. The highest BCUT2D eigenvalue weighted by Gasteiger charge is 2.07. The van der Waals surface area contributed by atoms with Gasteiger partial charge < -0.3 is 0 Å². The average Bonchev–Trinajstić information content (AvgIpc) is 3.14. The predicted octanol–water partition coefficient (Wildman–Crippen LogP) is 6.32. The van der Waals surface area contributed by atoms with Crippen molar-refractivity contribution in [1.29, 1.82) is 0 Å². The molecule has 30 heavy (non-hydrogen) atoms. The van der Waals surface area contributed by atoms with Crippen molar-refractivity contribution in [2.24, 2.45) is 0 Å². The maximum Gasteiger partial charge on any atom is 0.265 e. The van der Waals surface area contributed by atoms with Crippen molar-refractivity contribution in [3.63, 3.8) is 0 Å². The van der Waals surface area contributed by atoms with Gasteiger partial charge in [0.2, 0.25) is 6.33 Å². The molecule has 0 atom stereocenters. The summed E-state index contributed by atoms with van der Waals surface area (Å²) in [5, 5.41) is 0. The van der Waals surface area contributed by atoms with Crippen molar-refractivity contribution < 1.29 is 17.5 Å². The Morgan fingerprint density at radius 1 is 0.733 bits per heavy atom. The average molecular weight is 444 g/mol. The van der Waals surface area contributed by atoms with Crippen LogP contribution in [0.5, 0.6) is 0 Å². The zero-order valence-electron chi connectivity index (χ0n) is 19.4. The van der Waals surface area contributed by atoms with Gasteiger partial charge in [-0.1, -0.05) is 96.8 Å². The van der Waals surface area contributed by atoms with Gasteiger partial charge in [-0.15, -0.1) is 0 Å². The third-order valence-electron chi connectivity index (χ3n) is 5.83. The van der Waals surface area contributed by atoms with E-state index in [1.165, 1.54) is 103 Å². The van der Waals surface area contributed by atoms with Gasteiger partial charge in [-0.2, -0.15) is 8.42 Å². The molecule has 0 aliphatic rings. The molecule has 0 unspecified atom stereocenters. The van der Waals surface area contributed by atoms with Crippen LogP contribution in [0.15, 0.2) is 18.7 Å². The van der Waals surface area contributed by atoms with Crippen LogP contribution in [0.2, 0.25) is 0 Å². The summed E-state index contributed by atoms with van der Waals surface area (Å²) in [7, 11) is -3.85. The zero-order valence-corrected chi connectivity index (χ0v) is 20.3. The Balaban J connectivity index is 1.84. The Labute approximate surface area is 186 Å². The van der Waals surface area contributed by atoms with Crippen molar-refractivity contribution in [3.8, 4) is 0 Å². The van der Waals surface area contributed by atoms with E-state index in [-0.39, 0.29) is 5.75 Å².